The molecule has 2 unspecified atom stereocenters. The first-order valence-corrected chi connectivity index (χ1v) is 21.0. The van der Waals surface area contributed by atoms with E-state index in [0.29, 0.717) is 6.42 Å². The van der Waals surface area contributed by atoms with E-state index in [0.717, 1.165) is 77.0 Å². The molecule has 0 fully saturated rings. The van der Waals surface area contributed by atoms with Gasteiger partial charge in [0.1, 0.15) is 12.6 Å². The molecular weight excluding hydrogens is 679 g/mol. The first-order valence-electron chi connectivity index (χ1n) is 21.0. The number of aliphatic carboxylic acids is 1. The van der Waals surface area contributed by atoms with Gasteiger partial charge in [0.05, 0.1) is 40.3 Å². The maximum absolute atomic E-state index is 12.7. The number of hydrogen-bond donors (Lipinski definition) is 0. The van der Waals surface area contributed by atoms with Gasteiger partial charge in [0.15, 0.2) is 6.10 Å². The van der Waals surface area contributed by atoms with Gasteiger partial charge in [-0.2, -0.15) is 0 Å². The van der Waals surface area contributed by atoms with E-state index in [2.05, 4.69) is 50.3 Å². The Morgan fingerprint density at radius 3 is 1.57 bits per heavy atom. The number of unbranched alkanes of at least 4 members (excludes halogenated alkanes) is 14. The SMILES string of the molecule is CCC/C=C/C=C/C=C/C=C/C=C/CCCCCCCC(=O)OC(COCCC(C(=O)[O-])[N+](C)(C)C)COC(=O)CCCCCCC/C=C/CCCCC. The van der Waals surface area contributed by atoms with Crippen LogP contribution in [0.3, 0.4) is 0 Å². The highest BCUT2D eigenvalue weighted by Crippen LogP contribution is 2.12. The van der Waals surface area contributed by atoms with Crippen LogP contribution in [0, 0.1) is 0 Å². The molecule has 0 bridgehead atoms. The third-order valence-corrected chi connectivity index (χ3v) is 8.92. The van der Waals surface area contributed by atoms with Crippen molar-refractivity contribution < 1.29 is 38.2 Å². The summed E-state index contributed by atoms with van der Waals surface area (Å²) in [6.45, 7) is 4.49. The van der Waals surface area contributed by atoms with E-state index in [4.69, 9.17) is 14.2 Å². The summed E-state index contributed by atoms with van der Waals surface area (Å²) >= 11 is 0. The van der Waals surface area contributed by atoms with E-state index in [1.165, 1.54) is 38.5 Å². The van der Waals surface area contributed by atoms with Crippen molar-refractivity contribution in [2.75, 3.05) is 41.0 Å². The Morgan fingerprint density at radius 1 is 0.556 bits per heavy atom. The number of likely N-dealkylation sites (N-methyl/N-ethyl adjacent to an activating group) is 1. The Kier molecular flexibility index (Phi) is 34.5. The van der Waals surface area contributed by atoms with Crippen molar-refractivity contribution in [2.45, 2.75) is 161 Å². The lowest BCUT2D eigenvalue weighted by atomic mass is 10.1. The number of carboxylic acids is 1. The van der Waals surface area contributed by atoms with Gasteiger partial charge < -0.3 is 28.6 Å². The van der Waals surface area contributed by atoms with Crippen LogP contribution in [0.2, 0.25) is 0 Å². The number of rotatable bonds is 36. The van der Waals surface area contributed by atoms with E-state index >= 15 is 0 Å². The van der Waals surface area contributed by atoms with E-state index in [9.17, 15) is 19.5 Å². The van der Waals surface area contributed by atoms with E-state index in [-0.39, 0.29) is 49.1 Å². The Morgan fingerprint density at radius 2 is 1.04 bits per heavy atom. The van der Waals surface area contributed by atoms with Gasteiger partial charge in [0.25, 0.3) is 0 Å². The van der Waals surface area contributed by atoms with E-state index in [1.54, 1.807) is 21.1 Å². The molecule has 0 aromatic carbocycles. The monoisotopic (exact) mass is 756 g/mol. The number of quaternary nitrogens is 1. The van der Waals surface area contributed by atoms with E-state index < -0.39 is 18.1 Å². The minimum Gasteiger partial charge on any atom is -0.544 e. The number of allylic oxidation sites excluding steroid dienone is 12. The van der Waals surface area contributed by atoms with Crippen LogP contribution in [-0.4, -0.2) is 75.5 Å². The normalized spacial score (nSPS) is 13.7. The van der Waals surface area contributed by atoms with Crippen LogP contribution in [-0.2, 0) is 28.6 Å². The second kappa shape index (κ2) is 36.7. The standard InChI is InChI=1S/C46H77NO7/c1-6-8-10-12-14-16-18-20-21-22-23-24-25-27-29-31-33-35-37-45(49)54-42(40-52-39-38-43(46(50)51)47(3,4)5)41-53-44(48)36-34-32-30-28-26-19-17-15-13-11-9-7-2/h10,12,14-18,20-24,42-43H,6-9,11,13,19,25-41H2,1-5H3/b12-10+,16-14+,17-15+,20-18+,22-21+,24-23+. The topological polar surface area (TPSA) is 102 Å². The molecule has 0 spiro atoms. The molecule has 0 aliphatic carbocycles. The summed E-state index contributed by atoms with van der Waals surface area (Å²) in [5, 5.41) is 11.6. The lowest BCUT2D eigenvalue weighted by Gasteiger charge is -2.34. The summed E-state index contributed by atoms with van der Waals surface area (Å²) in [7, 11) is 5.38. The Bertz CT molecular complexity index is 1110. The molecule has 308 valence electrons. The van der Waals surface area contributed by atoms with Gasteiger partial charge >= 0.3 is 11.9 Å². The molecule has 0 rings (SSSR count). The number of hydrogen-bond acceptors (Lipinski definition) is 7. The number of carbonyl (C=O) groups is 3. The van der Waals surface area contributed by atoms with Crippen LogP contribution in [0.4, 0.5) is 0 Å². The minimum absolute atomic E-state index is 0.0236. The predicted octanol–water partition coefficient (Wildman–Crippen LogP) is 9.85. The van der Waals surface area contributed by atoms with Crippen molar-refractivity contribution in [1.82, 2.24) is 0 Å². The zero-order valence-electron chi connectivity index (χ0n) is 34.9. The Labute approximate surface area is 330 Å². The fourth-order valence-corrected chi connectivity index (χ4v) is 5.62. The maximum Gasteiger partial charge on any atom is 0.306 e. The highest BCUT2D eigenvalue weighted by atomic mass is 16.6. The van der Waals surface area contributed by atoms with Crippen LogP contribution in [0.25, 0.3) is 0 Å². The molecule has 8 heteroatoms. The van der Waals surface area contributed by atoms with Crippen LogP contribution in [0.1, 0.15) is 149 Å². The summed E-state index contributed by atoms with van der Waals surface area (Å²) < 4.78 is 17.1. The molecule has 0 aromatic rings. The van der Waals surface area contributed by atoms with Gasteiger partial charge in [0, 0.05) is 19.3 Å². The smallest absolute Gasteiger partial charge is 0.306 e. The predicted molar refractivity (Wildman–Crippen MR) is 222 cm³/mol. The molecule has 0 saturated heterocycles. The molecule has 8 nitrogen and oxygen atoms in total. The maximum atomic E-state index is 12.7. The third kappa shape index (κ3) is 34.5. The van der Waals surface area contributed by atoms with Crippen molar-refractivity contribution in [3.63, 3.8) is 0 Å². The van der Waals surface area contributed by atoms with Crippen LogP contribution in [0.15, 0.2) is 72.9 Å². The molecular formula is C46H77NO7. The quantitative estimate of drug-likeness (QED) is 0.0206. The fourth-order valence-electron chi connectivity index (χ4n) is 5.62. The second-order valence-corrected chi connectivity index (χ2v) is 15.0. The van der Waals surface area contributed by atoms with Crippen LogP contribution >= 0.6 is 0 Å². The average molecular weight is 756 g/mol. The molecule has 0 amide bonds. The van der Waals surface area contributed by atoms with Gasteiger partial charge in [-0.3, -0.25) is 9.59 Å². The van der Waals surface area contributed by atoms with Gasteiger partial charge in [-0.05, 0) is 57.8 Å². The van der Waals surface area contributed by atoms with Gasteiger partial charge in [-0.1, -0.05) is 145 Å². The average Bonchev–Trinajstić information content (AvgIpc) is 3.12. The van der Waals surface area contributed by atoms with Crippen LogP contribution in [0.5, 0.6) is 0 Å². The molecule has 2 atom stereocenters. The zero-order chi connectivity index (χ0) is 40.0. The highest BCUT2D eigenvalue weighted by molar-refractivity contribution is 5.70. The summed E-state index contributed by atoms with van der Waals surface area (Å²) in [6, 6.07) is -0.735. The Balaban J connectivity index is 4.46. The summed E-state index contributed by atoms with van der Waals surface area (Å²) in [5.41, 5.74) is 0. The van der Waals surface area contributed by atoms with Crippen molar-refractivity contribution in [3.05, 3.63) is 72.9 Å². The first-order chi connectivity index (χ1) is 26.1. The largest absolute Gasteiger partial charge is 0.544 e. The molecule has 0 aliphatic heterocycles. The number of nitrogens with zero attached hydrogens (tertiary/aromatic N) is 1. The molecule has 0 N–H and O–H groups in total. The minimum atomic E-state index is -1.13. The number of carboxylic acid groups (broad SMARTS) is 1. The summed E-state index contributed by atoms with van der Waals surface area (Å²) in [6.07, 6.45) is 44.9. The number of carbonyl (C=O) groups excluding carboxylic acids is 3. The van der Waals surface area contributed by atoms with E-state index in [1.807, 2.05) is 36.5 Å². The van der Waals surface area contributed by atoms with Crippen molar-refractivity contribution >= 4 is 17.9 Å². The molecule has 0 aliphatic rings. The number of ether oxygens (including phenoxy) is 3. The van der Waals surface area contributed by atoms with Gasteiger partial charge in [0.2, 0.25) is 0 Å². The molecule has 0 heterocycles. The fraction of sp³-hybridized carbons (Fsp3) is 0.674. The lowest BCUT2D eigenvalue weighted by molar-refractivity contribution is -0.889. The summed E-state index contributed by atoms with van der Waals surface area (Å²) in [5.74, 6) is -1.79. The third-order valence-electron chi connectivity index (χ3n) is 8.92. The van der Waals surface area contributed by atoms with Gasteiger partial charge in [-0.15, -0.1) is 0 Å². The van der Waals surface area contributed by atoms with Gasteiger partial charge in [-0.25, -0.2) is 0 Å². The summed E-state index contributed by atoms with van der Waals surface area (Å²) in [4.78, 5) is 36.8. The lowest BCUT2D eigenvalue weighted by Crippen LogP contribution is -2.55. The molecule has 0 saturated carbocycles. The highest BCUT2D eigenvalue weighted by Gasteiger charge is 2.25. The first kappa shape index (κ1) is 50.8. The Hall–Kier alpha value is -3.23. The number of esters is 2. The molecule has 0 aromatic heterocycles. The molecule has 54 heavy (non-hydrogen) atoms. The van der Waals surface area contributed by atoms with Crippen LogP contribution < -0.4 is 5.11 Å². The van der Waals surface area contributed by atoms with Crippen molar-refractivity contribution in [2.24, 2.45) is 0 Å². The van der Waals surface area contributed by atoms with Crippen molar-refractivity contribution in [1.29, 1.82) is 0 Å². The molecule has 0 radical (unpaired) electrons. The zero-order valence-corrected chi connectivity index (χ0v) is 34.9. The van der Waals surface area contributed by atoms with Crippen molar-refractivity contribution in [3.8, 4) is 0 Å². The second-order valence-electron chi connectivity index (χ2n) is 15.0.